The van der Waals surface area contributed by atoms with Gasteiger partial charge < -0.3 is 20.5 Å². The van der Waals surface area contributed by atoms with Crippen LogP contribution < -0.4 is 20.5 Å². The minimum Gasteiger partial charge on any atom is -0.497 e. The minimum absolute atomic E-state index is 0.0493. The molecule has 3 N–H and O–H groups in total. The number of nitrogens with two attached hydrogens (primary N) is 1. The van der Waals surface area contributed by atoms with Crippen LogP contribution in [0.2, 0.25) is 0 Å². The van der Waals surface area contributed by atoms with Crippen molar-refractivity contribution in [2.45, 2.75) is 26.4 Å². The maximum atomic E-state index is 12.3. The number of hydrogen-bond acceptors (Lipinski definition) is 4. The molecule has 2 rings (SSSR count). The normalized spacial score (nSPS) is 10.4. The first-order chi connectivity index (χ1) is 11.0. The third-order valence-electron chi connectivity index (χ3n) is 3.22. The first kappa shape index (κ1) is 16.7. The molecule has 0 saturated heterocycles. The van der Waals surface area contributed by atoms with Crippen LogP contribution in [0.15, 0.2) is 42.5 Å². The molecule has 0 radical (unpaired) electrons. The largest absolute Gasteiger partial charge is 0.497 e. The van der Waals surface area contributed by atoms with E-state index in [1.54, 1.807) is 25.3 Å². The van der Waals surface area contributed by atoms with E-state index in [9.17, 15) is 4.79 Å². The average Bonchev–Trinajstić information content (AvgIpc) is 2.51. The molecule has 2 aromatic carbocycles. The Morgan fingerprint density at radius 3 is 2.65 bits per heavy atom. The van der Waals surface area contributed by atoms with E-state index in [0.717, 1.165) is 11.3 Å². The lowest BCUT2D eigenvalue weighted by Gasteiger charge is -2.14. The SMILES string of the molecule is COc1ccc(N)c(NC(=O)Cc2ccccc2OC(C)C)c1. The molecule has 0 atom stereocenters. The van der Waals surface area contributed by atoms with Crippen LogP contribution in [0.4, 0.5) is 11.4 Å². The highest BCUT2D eigenvalue weighted by Crippen LogP contribution is 2.25. The molecule has 0 spiro atoms. The molecule has 1 amide bonds. The zero-order valence-electron chi connectivity index (χ0n) is 13.6. The Morgan fingerprint density at radius 2 is 1.96 bits per heavy atom. The molecule has 0 bridgehead atoms. The highest BCUT2D eigenvalue weighted by atomic mass is 16.5. The van der Waals surface area contributed by atoms with Crippen molar-refractivity contribution < 1.29 is 14.3 Å². The van der Waals surface area contributed by atoms with Gasteiger partial charge in [-0.25, -0.2) is 0 Å². The van der Waals surface area contributed by atoms with Crippen LogP contribution in [0.25, 0.3) is 0 Å². The second-order valence-electron chi connectivity index (χ2n) is 5.45. The van der Waals surface area contributed by atoms with Crippen LogP contribution >= 0.6 is 0 Å². The summed E-state index contributed by atoms with van der Waals surface area (Å²) in [7, 11) is 1.57. The molecule has 122 valence electrons. The molecule has 0 aliphatic heterocycles. The van der Waals surface area contributed by atoms with Crippen molar-refractivity contribution in [2.75, 3.05) is 18.2 Å². The van der Waals surface area contributed by atoms with E-state index in [0.29, 0.717) is 17.1 Å². The van der Waals surface area contributed by atoms with E-state index in [1.807, 2.05) is 38.1 Å². The number of anilines is 2. The summed E-state index contributed by atoms with van der Waals surface area (Å²) < 4.78 is 10.9. The number of amides is 1. The summed E-state index contributed by atoms with van der Waals surface area (Å²) in [4.78, 5) is 12.3. The Bertz CT molecular complexity index is 684. The van der Waals surface area contributed by atoms with Crippen LogP contribution in [0, 0.1) is 0 Å². The molecule has 5 heteroatoms. The van der Waals surface area contributed by atoms with Gasteiger partial charge in [-0.15, -0.1) is 0 Å². The van der Waals surface area contributed by atoms with E-state index in [2.05, 4.69) is 5.32 Å². The molecule has 23 heavy (non-hydrogen) atoms. The Hall–Kier alpha value is -2.69. The van der Waals surface area contributed by atoms with Crippen molar-refractivity contribution in [1.82, 2.24) is 0 Å². The van der Waals surface area contributed by atoms with Crippen LogP contribution in [0.5, 0.6) is 11.5 Å². The van der Waals surface area contributed by atoms with Gasteiger partial charge in [-0.2, -0.15) is 0 Å². The molecule has 5 nitrogen and oxygen atoms in total. The zero-order chi connectivity index (χ0) is 16.8. The summed E-state index contributed by atoms with van der Waals surface area (Å²) in [6.45, 7) is 3.90. The number of ether oxygens (including phenoxy) is 2. The number of hydrogen-bond donors (Lipinski definition) is 2. The van der Waals surface area contributed by atoms with Gasteiger partial charge in [0.15, 0.2) is 0 Å². The molecule has 0 saturated carbocycles. The lowest BCUT2D eigenvalue weighted by atomic mass is 10.1. The van der Waals surface area contributed by atoms with Crippen molar-refractivity contribution in [3.8, 4) is 11.5 Å². The third kappa shape index (κ3) is 4.64. The van der Waals surface area contributed by atoms with E-state index in [4.69, 9.17) is 15.2 Å². The van der Waals surface area contributed by atoms with Crippen molar-refractivity contribution >= 4 is 17.3 Å². The van der Waals surface area contributed by atoms with E-state index < -0.39 is 0 Å². The lowest BCUT2D eigenvalue weighted by Crippen LogP contribution is -2.17. The fourth-order valence-electron chi connectivity index (χ4n) is 2.16. The van der Waals surface area contributed by atoms with Crippen molar-refractivity contribution in [2.24, 2.45) is 0 Å². The van der Waals surface area contributed by atoms with Gasteiger partial charge in [0, 0.05) is 11.6 Å². The maximum Gasteiger partial charge on any atom is 0.228 e. The number of nitrogens with one attached hydrogen (secondary N) is 1. The molecule has 0 aromatic heterocycles. The van der Waals surface area contributed by atoms with Crippen LogP contribution in [0.3, 0.4) is 0 Å². The van der Waals surface area contributed by atoms with Gasteiger partial charge in [-0.1, -0.05) is 18.2 Å². The van der Waals surface area contributed by atoms with Gasteiger partial charge >= 0.3 is 0 Å². The van der Waals surface area contributed by atoms with Gasteiger partial charge in [-0.3, -0.25) is 4.79 Å². The Kier molecular flexibility index (Phi) is 5.46. The zero-order valence-corrected chi connectivity index (χ0v) is 13.6. The van der Waals surface area contributed by atoms with Gasteiger partial charge in [0.05, 0.1) is 31.0 Å². The minimum atomic E-state index is -0.162. The molecule has 0 unspecified atom stereocenters. The monoisotopic (exact) mass is 314 g/mol. The first-order valence-corrected chi connectivity index (χ1v) is 7.47. The predicted molar refractivity (Wildman–Crippen MR) is 91.9 cm³/mol. The quantitative estimate of drug-likeness (QED) is 0.803. The van der Waals surface area contributed by atoms with Gasteiger partial charge in [0.2, 0.25) is 5.91 Å². The fraction of sp³-hybridized carbons (Fsp3) is 0.278. The molecule has 0 heterocycles. The highest BCUT2D eigenvalue weighted by molar-refractivity contribution is 5.95. The highest BCUT2D eigenvalue weighted by Gasteiger charge is 2.11. The van der Waals surface area contributed by atoms with Crippen LogP contribution in [-0.2, 0) is 11.2 Å². The van der Waals surface area contributed by atoms with Crippen molar-refractivity contribution in [1.29, 1.82) is 0 Å². The number of carbonyl (C=O) groups excluding carboxylic acids is 1. The smallest absolute Gasteiger partial charge is 0.228 e. The molecule has 2 aromatic rings. The van der Waals surface area contributed by atoms with E-state index >= 15 is 0 Å². The molecular weight excluding hydrogens is 292 g/mol. The Balaban J connectivity index is 2.11. The number of benzene rings is 2. The number of nitrogen functional groups attached to an aromatic ring is 1. The van der Waals surface area contributed by atoms with Crippen molar-refractivity contribution in [3.63, 3.8) is 0 Å². The van der Waals surface area contributed by atoms with Gasteiger partial charge in [0.1, 0.15) is 11.5 Å². The third-order valence-corrected chi connectivity index (χ3v) is 3.22. The average molecular weight is 314 g/mol. The van der Waals surface area contributed by atoms with E-state index in [1.165, 1.54) is 0 Å². The number of methoxy groups -OCH3 is 1. The molecular formula is C18H22N2O3. The van der Waals surface area contributed by atoms with Crippen LogP contribution in [0.1, 0.15) is 19.4 Å². The second kappa shape index (κ2) is 7.54. The summed E-state index contributed by atoms with van der Waals surface area (Å²) in [6.07, 6.45) is 0.257. The summed E-state index contributed by atoms with van der Waals surface area (Å²) in [5, 5.41) is 2.81. The van der Waals surface area contributed by atoms with Gasteiger partial charge in [-0.05, 0) is 32.0 Å². The Labute approximate surface area is 136 Å². The molecule has 0 aliphatic carbocycles. The summed E-state index contributed by atoms with van der Waals surface area (Å²) >= 11 is 0. The number of rotatable bonds is 6. The fourth-order valence-corrected chi connectivity index (χ4v) is 2.16. The Morgan fingerprint density at radius 1 is 1.22 bits per heavy atom. The molecule has 0 fully saturated rings. The van der Waals surface area contributed by atoms with Crippen molar-refractivity contribution in [3.05, 3.63) is 48.0 Å². The summed E-state index contributed by atoms with van der Waals surface area (Å²) in [5.41, 5.74) is 7.75. The lowest BCUT2D eigenvalue weighted by molar-refractivity contribution is -0.115. The first-order valence-electron chi connectivity index (χ1n) is 7.47. The summed E-state index contributed by atoms with van der Waals surface area (Å²) in [5.74, 6) is 1.19. The van der Waals surface area contributed by atoms with E-state index in [-0.39, 0.29) is 18.4 Å². The molecule has 0 aliphatic rings. The number of para-hydroxylation sites is 1. The number of carbonyl (C=O) groups is 1. The maximum absolute atomic E-state index is 12.3. The van der Waals surface area contributed by atoms with Crippen LogP contribution in [-0.4, -0.2) is 19.1 Å². The predicted octanol–water partition coefficient (Wildman–Crippen LogP) is 3.25. The van der Waals surface area contributed by atoms with Gasteiger partial charge in [0.25, 0.3) is 0 Å². The second-order valence-corrected chi connectivity index (χ2v) is 5.45. The topological polar surface area (TPSA) is 73.6 Å². The standard InChI is InChI=1S/C18H22N2O3/c1-12(2)23-17-7-5-4-6-13(17)10-18(21)20-16-11-14(22-3)8-9-15(16)19/h4-9,11-12H,10,19H2,1-3H3,(H,20,21). The summed E-state index contributed by atoms with van der Waals surface area (Å²) in [6, 6.07) is 12.7.